The first-order chi connectivity index (χ1) is 12.0. The minimum atomic E-state index is -1.52. The number of fused-ring (bicyclic) bond motifs is 1. The molecule has 1 aliphatic carbocycles. The van der Waals surface area contributed by atoms with Crippen LogP contribution >= 0.6 is 11.3 Å². The predicted octanol–water partition coefficient (Wildman–Crippen LogP) is 2.88. The fraction of sp³-hybridized carbons (Fsp3) is 0.421. The summed E-state index contributed by atoms with van der Waals surface area (Å²) in [5, 5.41) is 31.5. The van der Waals surface area contributed by atoms with E-state index < -0.39 is 5.41 Å². The van der Waals surface area contributed by atoms with Gasteiger partial charge in [0.1, 0.15) is 6.07 Å². The lowest BCUT2D eigenvalue weighted by Gasteiger charge is -2.45. The lowest BCUT2D eigenvalue weighted by atomic mass is 9.59. The van der Waals surface area contributed by atoms with Crippen molar-refractivity contribution in [1.29, 1.82) is 15.8 Å². The van der Waals surface area contributed by atoms with Gasteiger partial charge in [-0.3, -0.25) is 4.90 Å². The van der Waals surface area contributed by atoms with Crippen molar-refractivity contribution in [2.24, 2.45) is 17.1 Å². The van der Waals surface area contributed by atoms with Gasteiger partial charge in [-0.2, -0.15) is 15.8 Å². The molecule has 0 radical (unpaired) electrons. The van der Waals surface area contributed by atoms with E-state index in [1.165, 1.54) is 11.3 Å². The molecular formula is C19H19N5S. The molecule has 0 saturated carbocycles. The standard InChI is InChI=1S/C19H19N5S/c1-12(2)24-6-5-13-14(8-20)18(23)19(10-21,11-22)17(15(13)9-24)16-4-3-7-25-16/h3-5,7,12,15,17H,6,9,23H2,1-2H3/t15-,17+/m1/s1. The van der Waals surface area contributed by atoms with Gasteiger partial charge < -0.3 is 5.73 Å². The summed E-state index contributed by atoms with van der Waals surface area (Å²) in [6, 6.07) is 10.7. The van der Waals surface area contributed by atoms with Crippen LogP contribution in [0.3, 0.4) is 0 Å². The maximum atomic E-state index is 9.94. The molecule has 0 aromatic carbocycles. The summed E-state index contributed by atoms with van der Waals surface area (Å²) in [6.07, 6.45) is 2.04. The van der Waals surface area contributed by atoms with Gasteiger partial charge in [0.25, 0.3) is 0 Å². The molecule has 2 N–H and O–H groups in total. The second-order valence-electron chi connectivity index (χ2n) is 6.74. The Labute approximate surface area is 151 Å². The van der Waals surface area contributed by atoms with Gasteiger partial charge in [-0.15, -0.1) is 11.3 Å². The van der Waals surface area contributed by atoms with Crippen molar-refractivity contribution in [3.05, 3.63) is 45.3 Å². The van der Waals surface area contributed by atoms with E-state index in [9.17, 15) is 15.8 Å². The molecule has 0 fully saturated rings. The molecule has 1 aliphatic heterocycles. The molecule has 2 heterocycles. The van der Waals surface area contributed by atoms with E-state index in [4.69, 9.17) is 5.73 Å². The van der Waals surface area contributed by atoms with Crippen molar-refractivity contribution in [1.82, 2.24) is 4.90 Å². The average Bonchev–Trinajstić information content (AvgIpc) is 3.14. The predicted molar refractivity (Wildman–Crippen MR) is 95.8 cm³/mol. The molecule has 2 aliphatic rings. The van der Waals surface area contributed by atoms with Gasteiger partial charge in [-0.25, -0.2) is 0 Å². The molecule has 6 heteroatoms. The van der Waals surface area contributed by atoms with Crippen LogP contribution in [-0.2, 0) is 0 Å². The zero-order chi connectivity index (χ0) is 18.2. The fourth-order valence-electron chi connectivity index (χ4n) is 3.90. The first kappa shape index (κ1) is 17.2. The quantitative estimate of drug-likeness (QED) is 0.884. The van der Waals surface area contributed by atoms with Gasteiger partial charge >= 0.3 is 0 Å². The Morgan fingerprint density at radius 3 is 2.56 bits per heavy atom. The highest BCUT2D eigenvalue weighted by molar-refractivity contribution is 7.10. The molecule has 0 bridgehead atoms. The molecule has 126 valence electrons. The van der Waals surface area contributed by atoms with E-state index in [1.54, 1.807) is 0 Å². The number of nitrogens with two attached hydrogens (primary N) is 1. The summed E-state index contributed by atoms with van der Waals surface area (Å²) in [4.78, 5) is 3.26. The fourth-order valence-corrected chi connectivity index (χ4v) is 4.86. The summed E-state index contributed by atoms with van der Waals surface area (Å²) in [7, 11) is 0. The Kier molecular flexibility index (Phi) is 4.39. The van der Waals surface area contributed by atoms with Gasteiger partial charge in [-0.05, 0) is 30.9 Å². The third kappa shape index (κ3) is 2.45. The van der Waals surface area contributed by atoms with Crippen molar-refractivity contribution in [2.75, 3.05) is 13.1 Å². The number of allylic oxidation sites excluding steroid dienone is 2. The SMILES string of the molecule is CC(C)N1CC=C2C(C#N)=C(N)C(C#N)(C#N)[C@H](c3cccs3)[C@@H]2C1. The number of thiophene rings is 1. The van der Waals surface area contributed by atoms with Crippen molar-refractivity contribution in [2.45, 2.75) is 25.8 Å². The number of nitrogens with zero attached hydrogens (tertiary/aromatic N) is 4. The zero-order valence-corrected chi connectivity index (χ0v) is 15.0. The van der Waals surface area contributed by atoms with Crippen LogP contribution in [0.1, 0.15) is 24.6 Å². The zero-order valence-electron chi connectivity index (χ0n) is 14.2. The van der Waals surface area contributed by atoms with E-state index in [1.807, 2.05) is 23.6 Å². The van der Waals surface area contributed by atoms with Gasteiger partial charge in [0.2, 0.25) is 0 Å². The first-order valence-electron chi connectivity index (χ1n) is 8.20. The smallest absolute Gasteiger partial charge is 0.192 e. The van der Waals surface area contributed by atoms with Gasteiger partial charge in [0.15, 0.2) is 5.41 Å². The molecule has 0 unspecified atom stereocenters. The highest BCUT2D eigenvalue weighted by Crippen LogP contribution is 2.55. The molecule has 25 heavy (non-hydrogen) atoms. The minimum absolute atomic E-state index is 0.0962. The lowest BCUT2D eigenvalue weighted by Crippen LogP contribution is -2.49. The maximum Gasteiger partial charge on any atom is 0.192 e. The number of hydrogen-bond acceptors (Lipinski definition) is 6. The highest BCUT2D eigenvalue weighted by atomic mass is 32.1. The number of nitriles is 3. The summed E-state index contributed by atoms with van der Waals surface area (Å²) in [5.41, 5.74) is 6.03. The summed E-state index contributed by atoms with van der Waals surface area (Å²) in [6.45, 7) is 5.69. The van der Waals surface area contributed by atoms with E-state index in [-0.39, 0.29) is 17.5 Å². The maximum absolute atomic E-state index is 9.94. The average molecular weight is 349 g/mol. The first-order valence-corrected chi connectivity index (χ1v) is 9.08. The van der Waals surface area contributed by atoms with E-state index in [2.05, 4.69) is 37.0 Å². The monoisotopic (exact) mass is 349 g/mol. The van der Waals surface area contributed by atoms with Crippen LogP contribution in [0.5, 0.6) is 0 Å². The topological polar surface area (TPSA) is 101 Å². The molecular weight excluding hydrogens is 330 g/mol. The summed E-state index contributed by atoms with van der Waals surface area (Å²) < 4.78 is 0. The van der Waals surface area contributed by atoms with Crippen molar-refractivity contribution < 1.29 is 0 Å². The Morgan fingerprint density at radius 1 is 1.32 bits per heavy atom. The number of hydrogen-bond donors (Lipinski definition) is 1. The Bertz CT molecular complexity index is 843. The molecule has 1 aromatic rings. The molecule has 0 amide bonds. The van der Waals surface area contributed by atoms with Gasteiger partial charge in [0, 0.05) is 35.8 Å². The van der Waals surface area contributed by atoms with Gasteiger partial charge in [-0.1, -0.05) is 12.1 Å². The summed E-state index contributed by atoms with van der Waals surface area (Å²) >= 11 is 1.53. The highest BCUT2D eigenvalue weighted by Gasteiger charge is 2.54. The number of rotatable bonds is 2. The largest absolute Gasteiger partial charge is 0.399 e. The molecule has 0 saturated heterocycles. The van der Waals surface area contributed by atoms with Crippen LogP contribution < -0.4 is 5.73 Å². The Morgan fingerprint density at radius 2 is 2.04 bits per heavy atom. The normalized spacial score (nSPS) is 25.5. The molecule has 5 nitrogen and oxygen atoms in total. The molecule has 1 aromatic heterocycles. The van der Waals surface area contributed by atoms with Crippen molar-refractivity contribution >= 4 is 11.3 Å². The second-order valence-corrected chi connectivity index (χ2v) is 7.72. The van der Waals surface area contributed by atoms with Crippen LogP contribution in [-0.4, -0.2) is 24.0 Å². The van der Waals surface area contributed by atoms with Crippen molar-refractivity contribution in [3.63, 3.8) is 0 Å². The van der Waals surface area contributed by atoms with Crippen LogP contribution in [0.4, 0.5) is 0 Å². The molecule has 3 rings (SSSR count). The van der Waals surface area contributed by atoms with Crippen molar-refractivity contribution in [3.8, 4) is 18.2 Å². The van der Waals surface area contributed by atoms with E-state index in [0.717, 1.165) is 17.0 Å². The van der Waals surface area contributed by atoms with E-state index in [0.29, 0.717) is 18.2 Å². The molecule has 2 atom stereocenters. The minimum Gasteiger partial charge on any atom is -0.399 e. The van der Waals surface area contributed by atoms with Crippen LogP contribution in [0.25, 0.3) is 0 Å². The Hall–Kier alpha value is -2.59. The van der Waals surface area contributed by atoms with Crippen LogP contribution in [0.2, 0.25) is 0 Å². The van der Waals surface area contributed by atoms with Crippen LogP contribution in [0.15, 0.2) is 40.4 Å². The molecule has 0 spiro atoms. The lowest BCUT2D eigenvalue weighted by molar-refractivity contribution is 0.175. The second kappa shape index (κ2) is 6.37. The third-order valence-electron chi connectivity index (χ3n) is 5.27. The Balaban J connectivity index is 2.28. The summed E-state index contributed by atoms with van der Waals surface area (Å²) in [5.74, 6) is -0.469. The third-order valence-corrected chi connectivity index (χ3v) is 6.23. The van der Waals surface area contributed by atoms with Crippen LogP contribution in [0, 0.1) is 45.3 Å². The van der Waals surface area contributed by atoms with E-state index >= 15 is 0 Å². The van der Waals surface area contributed by atoms with Gasteiger partial charge in [0.05, 0.1) is 23.4 Å².